The number of hydrogen-bond acceptors (Lipinski definition) is 2. The Morgan fingerprint density at radius 1 is 0.958 bits per heavy atom. The minimum absolute atomic E-state index is 0.00390. The molecular formula is C20H17N3O. The van der Waals surface area contributed by atoms with E-state index in [4.69, 9.17) is 0 Å². The van der Waals surface area contributed by atoms with Gasteiger partial charge in [-0.15, -0.1) is 0 Å². The maximum atomic E-state index is 12.2. The number of fused-ring (bicyclic) bond motifs is 1. The van der Waals surface area contributed by atoms with Gasteiger partial charge in [-0.3, -0.25) is 9.48 Å². The number of benzene rings is 2. The molecule has 0 N–H and O–H groups in total. The van der Waals surface area contributed by atoms with E-state index in [1.807, 2.05) is 60.5 Å². The fourth-order valence-corrected chi connectivity index (χ4v) is 2.93. The number of rotatable bonds is 3. The molecule has 0 saturated heterocycles. The van der Waals surface area contributed by atoms with Crippen LogP contribution in [0.5, 0.6) is 0 Å². The van der Waals surface area contributed by atoms with Crippen molar-refractivity contribution >= 4 is 10.9 Å². The zero-order valence-corrected chi connectivity index (χ0v) is 13.4. The van der Waals surface area contributed by atoms with E-state index in [1.54, 1.807) is 10.6 Å². The Balaban J connectivity index is 1.76. The molecule has 4 rings (SSSR count). The monoisotopic (exact) mass is 315 g/mol. The van der Waals surface area contributed by atoms with Crippen molar-refractivity contribution in [3.63, 3.8) is 0 Å². The van der Waals surface area contributed by atoms with Gasteiger partial charge in [0.05, 0.1) is 18.3 Å². The molecule has 0 saturated carbocycles. The molecule has 4 nitrogen and oxygen atoms in total. The van der Waals surface area contributed by atoms with Gasteiger partial charge in [-0.1, -0.05) is 42.5 Å². The lowest BCUT2D eigenvalue weighted by atomic mass is 10.1. The molecule has 0 aliphatic heterocycles. The molecule has 0 fully saturated rings. The molecule has 0 atom stereocenters. The van der Waals surface area contributed by atoms with Crippen LogP contribution in [0.25, 0.3) is 22.0 Å². The first-order valence-electron chi connectivity index (χ1n) is 7.87. The summed E-state index contributed by atoms with van der Waals surface area (Å²) in [6, 6.07) is 19.7. The van der Waals surface area contributed by atoms with E-state index in [-0.39, 0.29) is 5.56 Å². The first-order chi connectivity index (χ1) is 11.7. The van der Waals surface area contributed by atoms with Gasteiger partial charge in [-0.05, 0) is 28.8 Å². The molecule has 0 aliphatic rings. The van der Waals surface area contributed by atoms with Crippen molar-refractivity contribution in [2.45, 2.75) is 6.54 Å². The Bertz CT molecular complexity index is 1060. The number of pyridine rings is 1. The number of aromatic nitrogens is 3. The minimum atomic E-state index is 0.00390. The SMILES string of the molecule is Cn1ncc2ccc(-c3ccc(=O)n(Cc4ccccc4)c3)cc21. The Morgan fingerprint density at radius 2 is 1.75 bits per heavy atom. The molecule has 4 aromatic rings. The molecule has 118 valence electrons. The van der Waals surface area contributed by atoms with Crippen molar-refractivity contribution in [1.29, 1.82) is 0 Å². The van der Waals surface area contributed by atoms with E-state index >= 15 is 0 Å². The fraction of sp³-hybridized carbons (Fsp3) is 0.100. The second kappa shape index (κ2) is 5.81. The van der Waals surface area contributed by atoms with Crippen LogP contribution in [0.4, 0.5) is 0 Å². The van der Waals surface area contributed by atoms with E-state index in [9.17, 15) is 4.79 Å². The molecule has 4 heteroatoms. The first kappa shape index (κ1) is 14.5. The second-order valence-corrected chi connectivity index (χ2v) is 5.91. The highest BCUT2D eigenvalue weighted by atomic mass is 16.1. The van der Waals surface area contributed by atoms with Crippen molar-refractivity contribution in [1.82, 2.24) is 14.3 Å². The van der Waals surface area contributed by atoms with Crippen LogP contribution < -0.4 is 5.56 Å². The fourth-order valence-electron chi connectivity index (χ4n) is 2.93. The Hall–Kier alpha value is -3.14. The van der Waals surface area contributed by atoms with Crippen LogP contribution in [0.3, 0.4) is 0 Å². The molecule has 0 bridgehead atoms. The van der Waals surface area contributed by atoms with Crippen LogP contribution in [0.15, 0.2) is 77.9 Å². The summed E-state index contributed by atoms with van der Waals surface area (Å²) in [6.07, 6.45) is 3.78. The lowest BCUT2D eigenvalue weighted by Crippen LogP contribution is -2.19. The van der Waals surface area contributed by atoms with Crippen molar-refractivity contribution in [3.05, 3.63) is 89.0 Å². The Labute approximate surface area is 139 Å². The molecule has 2 aromatic carbocycles. The third-order valence-electron chi connectivity index (χ3n) is 4.26. The highest BCUT2D eigenvalue weighted by molar-refractivity contribution is 5.84. The summed E-state index contributed by atoms with van der Waals surface area (Å²) >= 11 is 0. The summed E-state index contributed by atoms with van der Waals surface area (Å²) in [5, 5.41) is 5.39. The van der Waals surface area contributed by atoms with E-state index in [0.29, 0.717) is 6.54 Å². The predicted molar refractivity (Wildman–Crippen MR) is 96.0 cm³/mol. The molecule has 0 amide bonds. The standard InChI is InChI=1S/C20H17N3O/c1-22-19-11-16(7-8-17(19)12-21-22)18-9-10-20(24)23(14-18)13-15-5-3-2-4-6-15/h2-12,14H,13H2,1H3. The molecule has 0 spiro atoms. The Morgan fingerprint density at radius 3 is 2.58 bits per heavy atom. The van der Waals surface area contributed by atoms with Gasteiger partial charge in [0, 0.05) is 24.7 Å². The van der Waals surface area contributed by atoms with Crippen molar-refractivity contribution < 1.29 is 0 Å². The van der Waals surface area contributed by atoms with Gasteiger partial charge < -0.3 is 4.57 Å². The first-order valence-corrected chi connectivity index (χ1v) is 7.87. The van der Waals surface area contributed by atoms with Crippen molar-refractivity contribution in [3.8, 4) is 11.1 Å². The number of nitrogens with zero attached hydrogens (tertiary/aromatic N) is 3. The summed E-state index contributed by atoms with van der Waals surface area (Å²) in [4.78, 5) is 12.2. The van der Waals surface area contributed by atoms with E-state index < -0.39 is 0 Å². The summed E-state index contributed by atoms with van der Waals surface area (Å²) in [7, 11) is 1.93. The van der Waals surface area contributed by atoms with Crippen LogP contribution in [0.1, 0.15) is 5.56 Å². The molecular weight excluding hydrogens is 298 g/mol. The second-order valence-electron chi connectivity index (χ2n) is 5.91. The van der Waals surface area contributed by atoms with Gasteiger partial charge in [0.15, 0.2) is 0 Å². The lowest BCUT2D eigenvalue weighted by Gasteiger charge is -2.09. The maximum Gasteiger partial charge on any atom is 0.250 e. The molecule has 2 aromatic heterocycles. The predicted octanol–water partition coefficient (Wildman–Crippen LogP) is 3.45. The number of aryl methyl sites for hydroxylation is 1. The van der Waals surface area contributed by atoms with Gasteiger partial charge in [0.2, 0.25) is 0 Å². The maximum absolute atomic E-state index is 12.2. The normalized spacial score (nSPS) is 11.0. The van der Waals surface area contributed by atoms with Gasteiger partial charge in [0.1, 0.15) is 0 Å². The molecule has 0 unspecified atom stereocenters. The third-order valence-corrected chi connectivity index (χ3v) is 4.26. The third kappa shape index (κ3) is 2.63. The van der Waals surface area contributed by atoms with Gasteiger partial charge >= 0.3 is 0 Å². The summed E-state index contributed by atoms with van der Waals surface area (Å²) in [6.45, 7) is 0.571. The molecule has 2 heterocycles. The summed E-state index contributed by atoms with van der Waals surface area (Å²) < 4.78 is 3.61. The smallest absolute Gasteiger partial charge is 0.250 e. The van der Waals surface area contributed by atoms with E-state index in [2.05, 4.69) is 23.3 Å². The number of hydrogen-bond donors (Lipinski definition) is 0. The van der Waals surface area contributed by atoms with Crippen LogP contribution in [-0.2, 0) is 13.6 Å². The zero-order valence-electron chi connectivity index (χ0n) is 13.4. The summed E-state index contributed by atoms with van der Waals surface area (Å²) in [5.74, 6) is 0. The van der Waals surface area contributed by atoms with Crippen molar-refractivity contribution in [2.24, 2.45) is 7.05 Å². The van der Waals surface area contributed by atoms with Crippen LogP contribution >= 0.6 is 0 Å². The quantitative estimate of drug-likeness (QED) is 0.581. The van der Waals surface area contributed by atoms with E-state index in [1.165, 1.54) is 0 Å². The van der Waals surface area contributed by atoms with Crippen LogP contribution in [0, 0.1) is 0 Å². The minimum Gasteiger partial charge on any atom is -0.310 e. The van der Waals surface area contributed by atoms with Crippen LogP contribution in [0.2, 0.25) is 0 Å². The highest BCUT2D eigenvalue weighted by Crippen LogP contribution is 2.23. The van der Waals surface area contributed by atoms with Gasteiger partial charge in [0.25, 0.3) is 5.56 Å². The van der Waals surface area contributed by atoms with Crippen molar-refractivity contribution in [2.75, 3.05) is 0 Å². The zero-order chi connectivity index (χ0) is 16.5. The molecule has 0 aliphatic carbocycles. The Kier molecular flexibility index (Phi) is 3.50. The molecule has 0 radical (unpaired) electrons. The summed E-state index contributed by atoms with van der Waals surface area (Å²) in [5.41, 5.74) is 4.29. The largest absolute Gasteiger partial charge is 0.310 e. The molecule has 24 heavy (non-hydrogen) atoms. The lowest BCUT2D eigenvalue weighted by molar-refractivity contribution is 0.761. The van der Waals surface area contributed by atoms with Crippen LogP contribution in [-0.4, -0.2) is 14.3 Å². The van der Waals surface area contributed by atoms with E-state index in [0.717, 1.165) is 27.6 Å². The topological polar surface area (TPSA) is 39.8 Å². The average Bonchev–Trinajstić information content (AvgIpc) is 2.98. The average molecular weight is 315 g/mol. The van der Waals surface area contributed by atoms with Gasteiger partial charge in [-0.25, -0.2) is 0 Å². The highest BCUT2D eigenvalue weighted by Gasteiger charge is 2.05. The van der Waals surface area contributed by atoms with Gasteiger partial charge in [-0.2, -0.15) is 5.10 Å².